The van der Waals surface area contributed by atoms with Crippen LogP contribution in [0.4, 0.5) is 0 Å². The predicted octanol–water partition coefficient (Wildman–Crippen LogP) is 0.658. The summed E-state index contributed by atoms with van der Waals surface area (Å²) in [5.74, 6) is 0.911. The zero-order valence-electron chi connectivity index (χ0n) is 10.9. The average Bonchev–Trinajstić information content (AvgIpc) is 2.73. The minimum absolute atomic E-state index is 0.443. The Kier molecular flexibility index (Phi) is 3.81. The number of nitrogens with zero attached hydrogens (tertiary/aromatic N) is 3. The van der Waals surface area contributed by atoms with E-state index in [2.05, 4.69) is 35.9 Å². The molecule has 1 aliphatic rings. The van der Waals surface area contributed by atoms with Crippen molar-refractivity contribution in [2.45, 2.75) is 39.0 Å². The first-order valence-electron chi connectivity index (χ1n) is 6.19. The van der Waals surface area contributed by atoms with Gasteiger partial charge in [-0.05, 0) is 20.9 Å². The first kappa shape index (κ1) is 12.5. The molecule has 0 aliphatic carbocycles. The molecule has 1 fully saturated rings. The second-order valence-corrected chi connectivity index (χ2v) is 5.05. The van der Waals surface area contributed by atoms with Crippen LogP contribution in [0, 0.1) is 0 Å². The van der Waals surface area contributed by atoms with Crippen LogP contribution in [0.5, 0.6) is 0 Å². The number of nitrogens with two attached hydrogens (primary N) is 1. The Morgan fingerprint density at radius 3 is 2.59 bits per heavy atom. The van der Waals surface area contributed by atoms with E-state index in [1.165, 1.54) is 0 Å². The number of piperazine rings is 1. The molecule has 1 saturated heterocycles. The van der Waals surface area contributed by atoms with E-state index < -0.39 is 0 Å². The molecule has 0 bridgehead atoms. The summed E-state index contributed by atoms with van der Waals surface area (Å²) in [7, 11) is 2.19. The highest BCUT2D eigenvalue weighted by molar-refractivity contribution is 5.05. The fraction of sp³-hybridized carbons (Fsp3) is 0.750. The maximum Gasteiger partial charge on any atom is 0.151 e. The van der Waals surface area contributed by atoms with Crippen molar-refractivity contribution in [3.8, 4) is 0 Å². The Labute approximate surface area is 103 Å². The summed E-state index contributed by atoms with van der Waals surface area (Å²) in [6.45, 7) is 7.93. The van der Waals surface area contributed by atoms with Crippen LogP contribution in [0.1, 0.15) is 25.3 Å². The number of hydrogen-bond acceptors (Lipinski definition) is 5. The highest BCUT2D eigenvalue weighted by Crippen LogP contribution is 2.16. The molecular formula is C12H22N4O. The molecule has 2 unspecified atom stereocenters. The Morgan fingerprint density at radius 1 is 1.41 bits per heavy atom. The molecule has 0 aromatic carbocycles. The Balaban J connectivity index is 1.95. The molecule has 2 N–H and O–H groups in total. The van der Waals surface area contributed by atoms with Crippen LogP contribution in [-0.2, 0) is 13.1 Å². The van der Waals surface area contributed by atoms with Gasteiger partial charge in [-0.15, -0.1) is 0 Å². The Morgan fingerprint density at radius 2 is 2.06 bits per heavy atom. The van der Waals surface area contributed by atoms with Crippen molar-refractivity contribution in [1.29, 1.82) is 0 Å². The van der Waals surface area contributed by atoms with Gasteiger partial charge < -0.3 is 10.3 Å². The van der Waals surface area contributed by atoms with Crippen LogP contribution in [0.2, 0.25) is 0 Å². The van der Waals surface area contributed by atoms with Crippen molar-refractivity contribution in [3.05, 3.63) is 17.5 Å². The summed E-state index contributed by atoms with van der Waals surface area (Å²) in [4.78, 5) is 4.83. The minimum Gasteiger partial charge on any atom is -0.360 e. The van der Waals surface area contributed by atoms with E-state index in [9.17, 15) is 0 Å². The van der Waals surface area contributed by atoms with E-state index in [1.807, 2.05) is 6.07 Å². The van der Waals surface area contributed by atoms with Gasteiger partial charge in [0.2, 0.25) is 0 Å². The molecule has 0 spiro atoms. The second-order valence-electron chi connectivity index (χ2n) is 5.05. The summed E-state index contributed by atoms with van der Waals surface area (Å²) in [5, 5.41) is 3.92. The van der Waals surface area contributed by atoms with Gasteiger partial charge in [0.1, 0.15) is 0 Å². The number of likely N-dealkylation sites (N-methyl/N-ethyl adjacent to an activating group) is 1. The number of aromatic nitrogens is 1. The lowest BCUT2D eigenvalue weighted by Crippen LogP contribution is -2.54. The number of hydrogen-bond donors (Lipinski definition) is 1. The first-order chi connectivity index (χ1) is 8.10. The van der Waals surface area contributed by atoms with Crippen molar-refractivity contribution in [1.82, 2.24) is 15.0 Å². The lowest BCUT2D eigenvalue weighted by molar-refractivity contribution is 0.0506. The molecule has 1 aromatic rings. The lowest BCUT2D eigenvalue weighted by Gasteiger charge is -2.42. The summed E-state index contributed by atoms with van der Waals surface area (Å²) >= 11 is 0. The Hall–Kier alpha value is -0.910. The summed E-state index contributed by atoms with van der Waals surface area (Å²) in [5.41, 5.74) is 6.34. The second kappa shape index (κ2) is 5.16. The fourth-order valence-electron chi connectivity index (χ4n) is 2.39. The molecular weight excluding hydrogens is 216 g/mol. The van der Waals surface area contributed by atoms with Gasteiger partial charge in [0, 0.05) is 37.8 Å². The molecule has 2 rings (SSSR count). The van der Waals surface area contributed by atoms with Gasteiger partial charge in [-0.2, -0.15) is 0 Å². The standard InChI is InChI=1S/C12H22N4O/c1-9-6-16(7-10(2)15(9)3)8-12-4-11(5-13)14-17-12/h4,9-10H,5-8,13H2,1-3H3. The van der Waals surface area contributed by atoms with Crippen molar-refractivity contribution in [3.63, 3.8) is 0 Å². The van der Waals surface area contributed by atoms with E-state index in [0.717, 1.165) is 31.1 Å². The van der Waals surface area contributed by atoms with E-state index in [4.69, 9.17) is 10.3 Å². The van der Waals surface area contributed by atoms with E-state index >= 15 is 0 Å². The smallest absolute Gasteiger partial charge is 0.151 e. The topological polar surface area (TPSA) is 58.5 Å². The molecule has 5 nitrogen and oxygen atoms in total. The van der Waals surface area contributed by atoms with Crippen molar-refractivity contribution >= 4 is 0 Å². The highest BCUT2D eigenvalue weighted by atomic mass is 16.5. The maximum absolute atomic E-state index is 5.52. The van der Waals surface area contributed by atoms with Crippen molar-refractivity contribution < 1.29 is 4.52 Å². The van der Waals surface area contributed by atoms with Gasteiger partial charge in [-0.1, -0.05) is 5.16 Å². The first-order valence-corrected chi connectivity index (χ1v) is 6.19. The molecule has 5 heteroatoms. The molecule has 2 atom stereocenters. The average molecular weight is 238 g/mol. The monoisotopic (exact) mass is 238 g/mol. The summed E-state index contributed by atoms with van der Waals surface area (Å²) < 4.78 is 5.27. The largest absolute Gasteiger partial charge is 0.360 e. The van der Waals surface area contributed by atoms with Gasteiger partial charge in [-0.3, -0.25) is 9.80 Å². The molecule has 96 valence electrons. The fourth-order valence-corrected chi connectivity index (χ4v) is 2.39. The van der Waals surface area contributed by atoms with Gasteiger partial charge >= 0.3 is 0 Å². The molecule has 0 saturated carbocycles. The normalized spacial score (nSPS) is 27.5. The van der Waals surface area contributed by atoms with Crippen molar-refractivity contribution in [2.24, 2.45) is 5.73 Å². The van der Waals surface area contributed by atoms with E-state index in [1.54, 1.807) is 0 Å². The van der Waals surface area contributed by atoms with Crippen LogP contribution in [-0.4, -0.2) is 47.2 Å². The van der Waals surface area contributed by atoms with Gasteiger partial charge in [0.15, 0.2) is 5.76 Å². The van der Waals surface area contributed by atoms with Gasteiger partial charge in [-0.25, -0.2) is 0 Å². The minimum atomic E-state index is 0.443. The Bertz CT molecular complexity index is 353. The lowest BCUT2D eigenvalue weighted by atomic mass is 10.1. The SMILES string of the molecule is CC1CN(Cc2cc(CN)no2)CC(C)N1C. The summed E-state index contributed by atoms with van der Waals surface area (Å²) in [6, 6.07) is 3.11. The molecule has 1 aliphatic heterocycles. The van der Waals surface area contributed by atoms with Gasteiger partial charge in [0.05, 0.1) is 12.2 Å². The van der Waals surface area contributed by atoms with Gasteiger partial charge in [0.25, 0.3) is 0 Å². The maximum atomic E-state index is 5.52. The zero-order valence-corrected chi connectivity index (χ0v) is 10.9. The third kappa shape index (κ3) is 2.86. The van der Waals surface area contributed by atoms with E-state index in [-0.39, 0.29) is 0 Å². The van der Waals surface area contributed by atoms with E-state index in [0.29, 0.717) is 18.6 Å². The molecule has 0 radical (unpaired) electrons. The number of rotatable bonds is 3. The van der Waals surface area contributed by atoms with Crippen LogP contribution in [0.3, 0.4) is 0 Å². The molecule has 17 heavy (non-hydrogen) atoms. The van der Waals surface area contributed by atoms with Crippen LogP contribution < -0.4 is 5.73 Å². The summed E-state index contributed by atoms with van der Waals surface area (Å²) in [6.07, 6.45) is 0. The molecule has 2 heterocycles. The van der Waals surface area contributed by atoms with Crippen LogP contribution >= 0.6 is 0 Å². The van der Waals surface area contributed by atoms with Crippen LogP contribution in [0.15, 0.2) is 10.6 Å². The predicted molar refractivity (Wildman–Crippen MR) is 66.4 cm³/mol. The quantitative estimate of drug-likeness (QED) is 0.838. The third-order valence-electron chi connectivity index (χ3n) is 3.63. The van der Waals surface area contributed by atoms with Crippen molar-refractivity contribution in [2.75, 3.05) is 20.1 Å². The van der Waals surface area contributed by atoms with Crippen LogP contribution in [0.25, 0.3) is 0 Å². The molecule has 1 aromatic heterocycles. The highest BCUT2D eigenvalue weighted by Gasteiger charge is 2.26. The third-order valence-corrected chi connectivity index (χ3v) is 3.63. The zero-order chi connectivity index (χ0) is 12.4. The molecule has 0 amide bonds.